The Hall–Kier alpha value is -0.0800. The Morgan fingerprint density at radius 2 is 2.15 bits per heavy atom. The molecule has 76 valence electrons. The highest BCUT2D eigenvalue weighted by Crippen LogP contribution is 2.41. The van der Waals surface area contributed by atoms with Crippen LogP contribution in [0, 0.1) is 5.92 Å². The minimum absolute atomic E-state index is 0.417. The topological polar surface area (TPSA) is 15.3 Å². The monoisotopic (exact) mass is 182 g/mol. The summed E-state index contributed by atoms with van der Waals surface area (Å²) in [6.45, 7) is 7.09. The molecule has 0 bridgehead atoms. The highest BCUT2D eigenvalue weighted by atomic mass is 15.2. The Kier molecular flexibility index (Phi) is 2.37. The molecule has 2 heteroatoms. The van der Waals surface area contributed by atoms with Gasteiger partial charge in [-0.15, -0.1) is 0 Å². The molecule has 0 amide bonds. The molecule has 1 saturated carbocycles. The van der Waals surface area contributed by atoms with Crippen molar-refractivity contribution in [3.63, 3.8) is 0 Å². The summed E-state index contributed by atoms with van der Waals surface area (Å²) in [7, 11) is 2.27. The molecule has 13 heavy (non-hydrogen) atoms. The number of nitrogens with one attached hydrogen (secondary N) is 1. The van der Waals surface area contributed by atoms with E-state index in [2.05, 4.69) is 31.1 Å². The molecule has 2 rings (SSSR count). The lowest BCUT2D eigenvalue weighted by Gasteiger charge is -2.45. The van der Waals surface area contributed by atoms with E-state index in [4.69, 9.17) is 0 Å². The van der Waals surface area contributed by atoms with Gasteiger partial charge in [0.25, 0.3) is 0 Å². The lowest BCUT2D eigenvalue weighted by Crippen LogP contribution is -2.62. The first kappa shape index (κ1) is 9.47. The van der Waals surface area contributed by atoms with Crippen molar-refractivity contribution in [1.82, 2.24) is 10.2 Å². The van der Waals surface area contributed by atoms with Gasteiger partial charge in [-0.05, 0) is 39.2 Å². The summed E-state index contributed by atoms with van der Waals surface area (Å²) in [5.41, 5.74) is 0.417. The number of nitrogens with zero attached hydrogens (tertiary/aromatic N) is 1. The van der Waals surface area contributed by atoms with Gasteiger partial charge in [0.05, 0.1) is 0 Å². The molecule has 1 aliphatic carbocycles. The van der Waals surface area contributed by atoms with Crippen molar-refractivity contribution in [2.24, 2.45) is 5.92 Å². The van der Waals surface area contributed by atoms with Crippen LogP contribution in [0.4, 0.5) is 0 Å². The number of likely N-dealkylation sites (N-methyl/N-ethyl adjacent to an activating group) is 1. The Bertz CT molecular complexity index is 189. The number of hydrogen-bond acceptors (Lipinski definition) is 2. The third-order valence-corrected chi connectivity index (χ3v) is 3.89. The van der Waals surface area contributed by atoms with Gasteiger partial charge in [-0.2, -0.15) is 0 Å². The van der Waals surface area contributed by atoms with Gasteiger partial charge in [0.15, 0.2) is 0 Å². The summed E-state index contributed by atoms with van der Waals surface area (Å²) >= 11 is 0. The quantitative estimate of drug-likeness (QED) is 0.695. The smallest absolute Gasteiger partial charge is 0.0309 e. The van der Waals surface area contributed by atoms with Crippen molar-refractivity contribution in [1.29, 1.82) is 0 Å². The van der Waals surface area contributed by atoms with E-state index in [-0.39, 0.29) is 0 Å². The lowest BCUT2D eigenvalue weighted by molar-refractivity contribution is 0.0966. The van der Waals surface area contributed by atoms with Crippen LogP contribution in [0.3, 0.4) is 0 Å². The van der Waals surface area contributed by atoms with Gasteiger partial charge in [-0.25, -0.2) is 0 Å². The summed E-state index contributed by atoms with van der Waals surface area (Å²) in [6.07, 6.45) is 4.15. The van der Waals surface area contributed by atoms with Gasteiger partial charge in [-0.1, -0.05) is 6.92 Å². The first-order valence-electron chi connectivity index (χ1n) is 5.61. The summed E-state index contributed by atoms with van der Waals surface area (Å²) in [6, 6.07) is 0.756. The molecule has 1 saturated heterocycles. The Labute approximate surface area is 81.7 Å². The molecular formula is C11H22N2. The van der Waals surface area contributed by atoms with Crippen molar-refractivity contribution < 1.29 is 0 Å². The second-order valence-corrected chi connectivity index (χ2v) is 5.05. The zero-order valence-electron chi connectivity index (χ0n) is 9.14. The summed E-state index contributed by atoms with van der Waals surface area (Å²) in [5.74, 6) is 0.952. The largest absolute Gasteiger partial charge is 0.308 e. The first-order chi connectivity index (χ1) is 6.15. The van der Waals surface area contributed by atoms with Crippen molar-refractivity contribution in [2.45, 2.75) is 44.7 Å². The molecule has 0 aromatic rings. The normalized spacial score (nSPS) is 42.2. The van der Waals surface area contributed by atoms with E-state index >= 15 is 0 Å². The molecule has 1 N–H and O–H groups in total. The van der Waals surface area contributed by atoms with Gasteiger partial charge in [-0.3, -0.25) is 0 Å². The van der Waals surface area contributed by atoms with Crippen molar-refractivity contribution in [3.8, 4) is 0 Å². The van der Waals surface area contributed by atoms with Gasteiger partial charge in [0, 0.05) is 24.7 Å². The van der Waals surface area contributed by atoms with E-state index in [9.17, 15) is 0 Å². The average Bonchev–Trinajstić information content (AvgIpc) is 2.86. The van der Waals surface area contributed by atoms with E-state index in [1.165, 1.54) is 32.4 Å². The standard InChI is InChI=1S/C11H22N2/c1-4-10-7-12-11(2,8-13(10)3)9-5-6-9/h9-10,12H,4-8H2,1-3H3. The van der Waals surface area contributed by atoms with Crippen LogP contribution in [0.1, 0.15) is 33.1 Å². The number of rotatable bonds is 2. The molecule has 2 unspecified atom stereocenters. The first-order valence-corrected chi connectivity index (χ1v) is 5.61. The lowest BCUT2D eigenvalue weighted by atomic mass is 9.91. The van der Waals surface area contributed by atoms with Crippen LogP contribution < -0.4 is 5.32 Å². The van der Waals surface area contributed by atoms with Gasteiger partial charge >= 0.3 is 0 Å². The minimum Gasteiger partial charge on any atom is -0.308 e. The molecule has 0 spiro atoms. The third kappa shape index (κ3) is 1.75. The SMILES string of the molecule is CCC1CNC(C)(C2CC2)CN1C. The summed E-state index contributed by atoms with van der Waals surface area (Å²) in [5, 5.41) is 3.75. The van der Waals surface area contributed by atoms with Crippen LogP contribution in [-0.4, -0.2) is 36.6 Å². The maximum absolute atomic E-state index is 3.75. The molecule has 2 atom stereocenters. The predicted molar refractivity (Wildman–Crippen MR) is 55.8 cm³/mol. The van der Waals surface area contributed by atoms with E-state index in [0.29, 0.717) is 5.54 Å². The van der Waals surface area contributed by atoms with E-state index in [1.54, 1.807) is 0 Å². The van der Waals surface area contributed by atoms with Crippen molar-refractivity contribution in [2.75, 3.05) is 20.1 Å². The predicted octanol–water partition coefficient (Wildman–Crippen LogP) is 1.47. The molecule has 0 aromatic heterocycles. The van der Waals surface area contributed by atoms with Crippen LogP contribution in [-0.2, 0) is 0 Å². The highest BCUT2D eigenvalue weighted by Gasteiger charge is 2.44. The van der Waals surface area contributed by atoms with Gasteiger partial charge in [0.1, 0.15) is 0 Å². The second kappa shape index (κ2) is 3.25. The van der Waals surface area contributed by atoms with Gasteiger partial charge < -0.3 is 10.2 Å². The van der Waals surface area contributed by atoms with Crippen LogP contribution in [0.5, 0.6) is 0 Å². The molecule has 1 heterocycles. The average molecular weight is 182 g/mol. The maximum atomic E-state index is 3.75. The Morgan fingerprint density at radius 3 is 2.62 bits per heavy atom. The van der Waals surface area contributed by atoms with Crippen molar-refractivity contribution in [3.05, 3.63) is 0 Å². The van der Waals surface area contributed by atoms with Crippen molar-refractivity contribution >= 4 is 0 Å². The van der Waals surface area contributed by atoms with Crippen LogP contribution in [0.2, 0.25) is 0 Å². The zero-order valence-corrected chi connectivity index (χ0v) is 9.14. The number of piperazine rings is 1. The molecule has 0 aromatic carbocycles. The van der Waals surface area contributed by atoms with Crippen LogP contribution >= 0.6 is 0 Å². The van der Waals surface area contributed by atoms with E-state index in [0.717, 1.165) is 12.0 Å². The summed E-state index contributed by atoms with van der Waals surface area (Å²) in [4.78, 5) is 2.54. The fourth-order valence-corrected chi connectivity index (χ4v) is 2.66. The molecule has 0 radical (unpaired) electrons. The minimum atomic E-state index is 0.417. The fourth-order valence-electron chi connectivity index (χ4n) is 2.66. The zero-order chi connectivity index (χ0) is 9.47. The Morgan fingerprint density at radius 1 is 1.46 bits per heavy atom. The molecular weight excluding hydrogens is 160 g/mol. The van der Waals surface area contributed by atoms with Crippen LogP contribution in [0.15, 0.2) is 0 Å². The number of hydrogen-bond donors (Lipinski definition) is 1. The molecule has 2 aliphatic rings. The van der Waals surface area contributed by atoms with Crippen LogP contribution in [0.25, 0.3) is 0 Å². The fraction of sp³-hybridized carbons (Fsp3) is 1.00. The maximum Gasteiger partial charge on any atom is 0.0309 e. The third-order valence-electron chi connectivity index (χ3n) is 3.89. The second-order valence-electron chi connectivity index (χ2n) is 5.05. The molecule has 2 fully saturated rings. The van der Waals surface area contributed by atoms with Gasteiger partial charge in [0.2, 0.25) is 0 Å². The van der Waals surface area contributed by atoms with E-state index < -0.39 is 0 Å². The Balaban J connectivity index is 1.97. The molecule has 2 nitrogen and oxygen atoms in total. The van der Waals surface area contributed by atoms with E-state index in [1.807, 2.05) is 0 Å². The molecule has 1 aliphatic heterocycles. The summed E-state index contributed by atoms with van der Waals surface area (Å²) < 4.78 is 0. The highest BCUT2D eigenvalue weighted by molar-refractivity contribution is 5.03.